The van der Waals surface area contributed by atoms with E-state index in [1.165, 1.54) is 12.8 Å². The van der Waals surface area contributed by atoms with E-state index < -0.39 is 10.8 Å². The zero-order valence-electron chi connectivity index (χ0n) is 10.5. The zero-order chi connectivity index (χ0) is 11.4. The fraction of sp³-hybridized carbons (Fsp3) is 1.00. The molecule has 5 unspecified atom stereocenters. The molecule has 5 atom stereocenters. The molecule has 0 aromatic carbocycles. The average molecular weight is 231 g/mol. The molecular weight excluding hydrogens is 206 g/mol. The van der Waals surface area contributed by atoms with Crippen LogP contribution in [0, 0.1) is 5.92 Å². The number of rotatable bonds is 4. The Morgan fingerprint density at radius 3 is 2.53 bits per heavy atom. The summed E-state index contributed by atoms with van der Waals surface area (Å²) in [6.45, 7) is 6.51. The Morgan fingerprint density at radius 2 is 2.00 bits per heavy atom. The summed E-state index contributed by atoms with van der Waals surface area (Å²) in [5, 5.41) is 3.92. The van der Waals surface area contributed by atoms with Crippen molar-refractivity contribution >= 4 is 10.8 Å². The first-order chi connectivity index (χ1) is 7.06. The highest BCUT2D eigenvalue weighted by atomic mass is 32.2. The van der Waals surface area contributed by atoms with Gasteiger partial charge in [0.2, 0.25) is 0 Å². The van der Waals surface area contributed by atoms with Gasteiger partial charge in [-0.25, -0.2) is 0 Å². The minimum atomic E-state index is -0.664. The SMILES string of the molecule is CNC(C)C(C)S(=O)C1CCCC(C)C1. The predicted octanol–water partition coefficient (Wildman–Crippen LogP) is 2.31. The van der Waals surface area contributed by atoms with Gasteiger partial charge in [-0.2, -0.15) is 0 Å². The fourth-order valence-electron chi connectivity index (χ4n) is 2.33. The fourth-order valence-corrected chi connectivity index (χ4v) is 4.39. The first-order valence-corrected chi connectivity index (χ1v) is 7.40. The smallest absolute Gasteiger partial charge is 0.0473 e. The lowest BCUT2D eigenvalue weighted by atomic mass is 9.91. The standard InChI is InChI=1S/C12H25NOS/c1-9-6-5-7-12(8-9)15(14)11(3)10(2)13-4/h9-13H,5-8H2,1-4H3. The van der Waals surface area contributed by atoms with E-state index in [4.69, 9.17) is 0 Å². The second-order valence-corrected chi connectivity index (χ2v) is 7.07. The third-order valence-electron chi connectivity index (χ3n) is 3.74. The first-order valence-electron chi connectivity index (χ1n) is 6.13. The Labute approximate surface area is 96.7 Å². The molecule has 1 aliphatic rings. The summed E-state index contributed by atoms with van der Waals surface area (Å²) >= 11 is 0. The molecule has 3 heteroatoms. The number of hydrogen-bond acceptors (Lipinski definition) is 2. The molecule has 1 saturated carbocycles. The van der Waals surface area contributed by atoms with Crippen molar-refractivity contribution in [1.82, 2.24) is 5.32 Å². The van der Waals surface area contributed by atoms with Gasteiger partial charge in [-0.15, -0.1) is 0 Å². The van der Waals surface area contributed by atoms with Crippen LogP contribution in [0.15, 0.2) is 0 Å². The summed E-state index contributed by atoms with van der Waals surface area (Å²) in [4.78, 5) is 0. The van der Waals surface area contributed by atoms with Crippen molar-refractivity contribution < 1.29 is 4.21 Å². The van der Waals surface area contributed by atoms with Crippen molar-refractivity contribution in [2.75, 3.05) is 7.05 Å². The van der Waals surface area contributed by atoms with Crippen LogP contribution in [0.4, 0.5) is 0 Å². The molecule has 0 aromatic heterocycles. The summed E-state index contributed by atoms with van der Waals surface area (Å²) < 4.78 is 12.3. The molecule has 0 spiro atoms. The highest BCUT2D eigenvalue weighted by Crippen LogP contribution is 2.28. The van der Waals surface area contributed by atoms with Gasteiger partial charge in [0, 0.05) is 27.3 Å². The van der Waals surface area contributed by atoms with E-state index in [-0.39, 0.29) is 5.25 Å². The second kappa shape index (κ2) is 6.00. The van der Waals surface area contributed by atoms with Crippen molar-refractivity contribution in [2.24, 2.45) is 5.92 Å². The van der Waals surface area contributed by atoms with Gasteiger partial charge in [0.15, 0.2) is 0 Å². The summed E-state index contributed by atoms with van der Waals surface area (Å²) in [7, 11) is 1.28. The van der Waals surface area contributed by atoms with E-state index in [0.29, 0.717) is 11.3 Å². The molecule has 2 nitrogen and oxygen atoms in total. The van der Waals surface area contributed by atoms with E-state index in [2.05, 4.69) is 26.1 Å². The molecule has 0 aromatic rings. The van der Waals surface area contributed by atoms with Crippen LogP contribution in [0.3, 0.4) is 0 Å². The molecule has 0 saturated heterocycles. The molecule has 0 heterocycles. The molecule has 1 N–H and O–H groups in total. The maximum atomic E-state index is 12.3. The van der Waals surface area contributed by atoms with Crippen LogP contribution in [0.1, 0.15) is 46.5 Å². The summed E-state index contributed by atoms with van der Waals surface area (Å²) in [6, 6.07) is 0.350. The zero-order valence-corrected chi connectivity index (χ0v) is 11.3. The average Bonchev–Trinajstić information content (AvgIpc) is 2.26. The Hall–Kier alpha value is 0.110. The van der Waals surface area contributed by atoms with Gasteiger partial charge in [-0.1, -0.05) is 19.8 Å². The van der Waals surface area contributed by atoms with Gasteiger partial charge >= 0.3 is 0 Å². The minimum Gasteiger partial charge on any atom is -0.316 e. The van der Waals surface area contributed by atoms with Crippen LogP contribution in [0.5, 0.6) is 0 Å². The van der Waals surface area contributed by atoms with Crippen molar-refractivity contribution in [2.45, 2.75) is 63.0 Å². The quantitative estimate of drug-likeness (QED) is 0.804. The normalized spacial score (nSPS) is 33.3. The molecule has 0 bridgehead atoms. The van der Waals surface area contributed by atoms with Crippen molar-refractivity contribution in [3.63, 3.8) is 0 Å². The lowest BCUT2D eigenvalue weighted by molar-refractivity contribution is 0.387. The molecule has 15 heavy (non-hydrogen) atoms. The van der Waals surface area contributed by atoms with Crippen molar-refractivity contribution in [3.8, 4) is 0 Å². The van der Waals surface area contributed by atoms with Crippen LogP contribution in [0.2, 0.25) is 0 Å². The Balaban J connectivity index is 2.51. The molecule has 1 rings (SSSR count). The Bertz CT molecular complexity index is 220. The van der Waals surface area contributed by atoms with Gasteiger partial charge < -0.3 is 5.32 Å². The lowest BCUT2D eigenvalue weighted by Crippen LogP contribution is -2.40. The van der Waals surface area contributed by atoms with Gasteiger partial charge in [-0.3, -0.25) is 4.21 Å². The molecule has 0 radical (unpaired) electrons. The van der Waals surface area contributed by atoms with E-state index in [0.717, 1.165) is 18.8 Å². The molecule has 90 valence electrons. The van der Waals surface area contributed by atoms with Gasteiger partial charge in [-0.05, 0) is 39.7 Å². The Morgan fingerprint density at radius 1 is 1.33 bits per heavy atom. The summed E-state index contributed by atoms with van der Waals surface area (Å²) in [6.07, 6.45) is 4.91. The number of hydrogen-bond donors (Lipinski definition) is 1. The molecular formula is C12H25NOS. The molecule has 0 amide bonds. The lowest BCUT2D eigenvalue weighted by Gasteiger charge is -2.30. The van der Waals surface area contributed by atoms with Crippen LogP contribution in [-0.4, -0.2) is 27.8 Å². The van der Waals surface area contributed by atoms with Crippen LogP contribution < -0.4 is 5.32 Å². The largest absolute Gasteiger partial charge is 0.316 e. The Kier molecular flexibility index (Phi) is 5.27. The third kappa shape index (κ3) is 3.56. The summed E-state index contributed by atoms with van der Waals surface area (Å²) in [5.74, 6) is 0.768. The van der Waals surface area contributed by atoms with E-state index in [1.807, 2.05) is 7.05 Å². The van der Waals surface area contributed by atoms with Crippen molar-refractivity contribution in [1.29, 1.82) is 0 Å². The van der Waals surface area contributed by atoms with E-state index in [1.54, 1.807) is 0 Å². The highest BCUT2D eigenvalue weighted by Gasteiger charge is 2.28. The molecule has 1 aliphatic carbocycles. The molecule has 0 aliphatic heterocycles. The molecule has 1 fully saturated rings. The van der Waals surface area contributed by atoms with Gasteiger partial charge in [0.05, 0.1) is 0 Å². The van der Waals surface area contributed by atoms with E-state index in [9.17, 15) is 4.21 Å². The van der Waals surface area contributed by atoms with E-state index >= 15 is 0 Å². The maximum absolute atomic E-state index is 12.3. The maximum Gasteiger partial charge on any atom is 0.0473 e. The first kappa shape index (κ1) is 13.2. The van der Waals surface area contributed by atoms with Gasteiger partial charge in [0.25, 0.3) is 0 Å². The minimum absolute atomic E-state index is 0.269. The van der Waals surface area contributed by atoms with Crippen molar-refractivity contribution in [3.05, 3.63) is 0 Å². The highest BCUT2D eigenvalue weighted by molar-refractivity contribution is 7.86. The number of nitrogens with one attached hydrogen (secondary N) is 1. The van der Waals surface area contributed by atoms with Crippen LogP contribution >= 0.6 is 0 Å². The third-order valence-corrected chi connectivity index (χ3v) is 5.97. The summed E-state index contributed by atoms with van der Waals surface area (Å²) in [5.41, 5.74) is 0. The van der Waals surface area contributed by atoms with Crippen LogP contribution in [-0.2, 0) is 10.8 Å². The predicted molar refractivity (Wildman–Crippen MR) is 67.5 cm³/mol. The van der Waals surface area contributed by atoms with Gasteiger partial charge in [0.1, 0.15) is 0 Å². The monoisotopic (exact) mass is 231 g/mol. The topological polar surface area (TPSA) is 29.1 Å². The van der Waals surface area contributed by atoms with Crippen LogP contribution in [0.25, 0.3) is 0 Å². The second-order valence-electron chi connectivity index (χ2n) is 5.00.